The molecule has 8 heteroatoms. The van der Waals surface area contributed by atoms with E-state index in [9.17, 15) is 14.7 Å². The van der Waals surface area contributed by atoms with Crippen LogP contribution in [0.1, 0.15) is 74.2 Å². The van der Waals surface area contributed by atoms with E-state index in [1.54, 1.807) is 28.9 Å². The van der Waals surface area contributed by atoms with Crippen LogP contribution in [0.5, 0.6) is 0 Å². The minimum absolute atomic E-state index is 0.139. The van der Waals surface area contributed by atoms with Crippen LogP contribution in [0.2, 0.25) is 0 Å². The first-order valence-corrected chi connectivity index (χ1v) is 11.1. The molecule has 0 aliphatic heterocycles. The Kier molecular flexibility index (Phi) is 6.52. The number of carbonyl (C=O) groups is 1. The van der Waals surface area contributed by atoms with Crippen LogP contribution >= 0.6 is 0 Å². The standard InChI is InChI=1S/C22H31N5O3/c28-19-9-5-4-6-16(19)14-23-20(29)15-10-12-17(13-11-15)24-21-25-22(30)27(26-21)18-7-2-1-3-8-18/h10-13,16,18-19,28H,1-9,14H2,(H,23,29)(H2,24,25,26,30)/t16-,19-/m1/s1. The molecule has 0 spiro atoms. The lowest BCUT2D eigenvalue weighted by molar-refractivity contribution is 0.0663. The molecule has 2 aromatic rings. The number of hydrogen-bond acceptors (Lipinski definition) is 5. The predicted molar refractivity (Wildman–Crippen MR) is 115 cm³/mol. The number of hydrogen-bond donors (Lipinski definition) is 4. The highest BCUT2D eigenvalue weighted by molar-refractivity contribution is 5.94. The van der Waals surface area contributed by atoms with E-state index in [1.165, 1.54) is 6.42 Å². The Morgan fingerprint density at radius 1 is 1.07 bits per heavy atom. The molecule has 162 valence electrons. The van der Waals surface area contributed by atoms with Crippen molar-refractivity contribution in [3.05, 3.63) is 40.3 Å². The molecule has 2 atom stereocenters. The van der Waals surface area contributed by atoms with Gasteiger partial charge in [0.05, 0.1) is 12.1 Å². The maximum atomic E-state index is 12.4. The van der Waals surface area contributed by atoms with Gasteiger partial charge >= 0.3 is 5.69 Å². The summed E-state index contributed by atoms with van der Waals surface area (Å²) in [6.45, 7) is 0.500. The van der Waals surface area contributed by atoms with Crippen molar-refractivity contribution < 1.29 is 9.90 Å². The Balaban J connectivity index is 1.33. The SMILES string of the molecule is O=C(NC[C@H]1CCCC[C@H]1O)c1ccc(Nc2nn(C3CCCCC3)c(=O)[nH]2)cc1. The highest BCUT2D eigenvalue weighted by Crippen LogP contribution is 2.27. The Labute approximate surface area is 176 Å². The Morgan fingerprint density at radius 3 is 2.50 bits per heavy atom. The minimum atomic E-state index is -0.318. The molecule has 0 bridgehead atoms. The number of rotatable bonds is 6. The average molecular weight is 414 g/mol. The van der Waals surface area contributed by atoms with Gasteiger partial charge in [0.2, 0.25) is 5.95 Å². The van der Waals surface area contributed by atoms with Gasteiger partial charge in [-0.1, -0.05) is 32.1 Å². The molecule has 4 rings (SSSR count). The van der Waals surface area contributed by atoms with Gasteiger partial charge in [0.1, 0.15) is 0 Å². The summed E-state index contributed by atoms with van der Waals surface area (Å²) in [4.78, 5) is 27.4. The molecule has 1 aromatic carbocycles. The van der Waals surface area contributed by atoms with Crippen molar-refractivity contribution in [2.45, 2.75) is 69.9 Å². The van der Waals surface area contributed by atoms with Gasteiger partial charge in [-0.2, -0.15) is 0 Å². The number of benzene rings is 1. The zero-order valence-corrected chi connectivity index (χ0v) is 17.3. The summed E-state index contributed by atoms with van der Waals surface area (Å²) in [6.07, 6.45) is 9.10. The van der Waals surface area contributed by atoms with E-state index in [0.717, 1.165) is 57.1 Å². The maximum absolute atomic E-state index is 12.4. The summed E-state index contributed by atoms with van der Waals surface area (Å²) in [7, 11) is 0. The van der Waals surface area contributed by atoms with Crippen molar-refractivity contribution in [1.29, 1.82) is 0 Å². The second kappa shape index (κ2) is 9.47. The third kappa shape index (κ3) is 4.92. The second-order valence-electron chi connectivity index (χ2n) is 8.54. The molecule has 0 radical (unpaired) electrons. The highest BCUT2D eigenvalue weighted by atomic mass is 16.3. The van der Waals surface area contributed by atoms with Gasteiger partial charge in [-0.25, -0.2) is 9.48 Å². The number of amides is 1. The van der Waals surface area contributed by atoms with Gasteiger partial charge in [0.25, 0.3) is 5.91 Å². The van der Waals surface area contributed by atoms with Crippen LogP contribution in [-0.2, 0) is 0 Å². The van der Waals surface area contributed by atoms with Gasteiger partial charge in [-0.3, -0.25) is 9.78 Å². The van der Waals surface area contributed by atoms with E-state index in [-0.39, 0.29) is 29.7 Å². The van der Waals surface area contributed by atoms with Crippen molar-refractivity contribution in [3.63, 3.8) is 0 Å². The molecule has 2 saturated carbocycles. The molecule has 2 fully saturated rings. The Hall–Kier alpha value is -2.61. The first-order chi connectivity index (χ1) is 14.6. The van der Waals surface area contributed by atoms with E-state index < -0.39 is 0 Å². The van der Waals surface area contributed by atoms with Crippen LogP contribution in [0.4, 0.5) is 11.6 Å². The molecule has 0 saturated heterocycles. The zero-order valence-electron chi connectivity index (χ0n) is 17.3. The molecule has 4 N–H and O–H groups in total. The van der Waals surface area contributed by atoms with Crippen molar-refractivity contribution in [3.8, 4) is 0 Å². The number of anilines is 2. The molecule has 1 heterocycles. The van der Waals surface area contributed by atoms with Crippen LogP contribution in [0.25, 0.3) is 0 Å². The molecule has 0 unspecified atom stereocenters. The molecular formula is C22H31N5O3. The maximum Gasteiger partial charge on any atom is 0.344 e. The quantitative estimate of drug-likeness (QED) is 0.581. The summed E-state index contributed by atoms with van der Waals surface area (Å²) in [5.74, 6) is 0.406. The Bertz CT molecular complexity index is 898. The number of carbonyl (C=O) groups excluding carboxylic acids is 1. The summed E-state index contributed by atoms with van der Waals surface area (Å²) in [5, 5.41) is 20.5. The van der Waals surface area contributed by atoms with Crippen LogP contribution in [0, 0.1) is 5.92 Å². The molecule has 1 amide bonds. The molecule has 1 aromatic heterocycles. The number of nitrogens with one attached hydrogen (secondary N) is 3. The topological polar surface area (TPSA) is 112 Å². The van der Waals surface area contributed by atoms with Crippen molar-refractivity contribution in [2.75, 3.05) is 11.9 Å². The fraction of sp³-hybridized carbons (Fsp3) is 0.591. The van der Waals surface area contributed by atoms with Gasteiger partial charge < -0.3 is 15.7 Å². The van der Waals surface area contributed by atoms with Crippen molar-refractivity contribution in [2.24, 2.45) is 5.92 Å². The fourth-order valence-electron chi connectivity index (χ4n) is 4.56. The predicted octanol–water partition coefficient (Wildman–Crippen LogP) is 3.10. The number of aromatic nitrogens is 3. The van der Waals surface area contributed by atoms with E-state index in [4.69, 9.17) is 0 Å². The van der Waals surface area contributed by atoms with Gasteiger partial charge in [0, 0.05) is 23.7 Å². The third-order valence-corrected chi connectivity index (χ3v) is 6.37. The van der Waals surface area contributed by atoms with E-state index in [2.05, 4.69) is 20.7 Å². The molecular weight excluding hydrogens is 382 g/mol. The fourth-order valence-corrected chi connectivity index (χ4v) is 4.56. The van der Waals surface area contributed by atoms with Crippen molar-refractivity contribution >= 4 is 17.5 Å². The lowest BCUT2D eigenvalue weighted by atomic mass is 9.86. The second-order valence-corrected chi connectivity index (χ2v) is 8.54. The molecule has 30 heavy (non-hydrogen) atoms. The van der Waals surface area contributed by atoms with Gasteiger partial charge in [-0.05, 0) is 49.9 Å². The molecule has 8 nitrogen and oxygen atoms in total. The minimum Gasteiger partial charge on any atom is -0.393 e. The van der Waals surface area contributed by atoms with Gasteiger partial charge in [0.15, 0.2) is 0 Å². The smallest absolute Gasteiger partial charge is 0.344 e. The summed E-state index contributed by atoms with van der Waals surface area (Å²) >= 11 is 0. The largest absolute Gasteiger partial charge is 0.393 e. The summed E-state index contributed by atoms with van der Waals surface area (Å²) < 4.78 is 1.56. The van der Waals surface area contributed by atoms with E-state index >= 15 is 0 Å². The number of H-pyrrole nitrogens is 1. The van der Waals surface area contributed by atoms with Crippen LogP contribution in [-0.4, -0.2) is 38.4 Å². The van der Waals surface area contributed by atoms with Gasteiger partial charge in [-0.15, -0.1) is 5.10 Å². The third-order valence-electron chi connectivity index (χ3n) is 6.37. The van der Waals surface area contributed by atoms with Crippen molar-refractivity contribution in [1.82, 2.24) is 20.1 Å². The lowest BCUT2D eigenvalue weighted by Gasteiger charge is -2.27. The first-order valence-electron chi connectivity index (χ1n) is 11.1. The average Bonchev–Trinajstić information content (AvgIpc) is 3.14. The number of nitrogens with zero attached hydrogens (tertiary/aromatic N) is 2. The lowest BCUT2D eigenvalue weighted by Crippen LogP contribution is -2.36. The normalized spacial score (nSPS) is 22.6. The highest BCUT2D eigenvalue weighted by Gasteiger charge is 2.23. The zero-order chi connectivity index (χ0) is 20.9. The van der Waals surface area contributed by atoms with Crippen LogP contribution in [0.3, 0.4) is 0 Å². The Morgan fingerprint density at radius 2 is 1.77 bits per heavy atom. The van der Waals surface area contributed by atoms with Crippen LogP contribution < -0.4 is 16.3 Å². The number of aromatic amines is 1. The monoisotopic (exact) mass is 413 g/mol. The first kappa shape index (κ1) is 20.7. The summed E-state index contributed by atoms with van der Waals surface area (Å²) in [5.41, 5.74) is 1.12. The molecule has 2 aliphatic rings. The number of aliphatic hydroxyl groups excluding tert-OH is 1. The van der Waals surface area contributed by atoms with E-state index in [0.29, 0.717) is 18.1 Å². The molecule has 2 aliphatic carbocycles. The van der Waals surface area contributed by atoms with Crippen LogP contribution in [0.15, 0.2) is 29.1 Å². The number of aliphatic hydroxyl groups is 1. The van der Waals surface area contributed by atoms with E-state index in [1.807, 2.05) is 0 Å². The summed E-state index contributed by atoms with van der Waals surface area (Å²) in [6, 6.07) is 7.24.